The van der Waals surface area contributed by atoms with E-state index in [9.17, 15) is 4.79 Å². The molecule has 0 saturated carbocycles. The Balaban J connectivity index is 1.87. The van der Waals surface area contributed by atoms with E-state index < -0.39 is 0 Å². The molecule has 0 aliphatic carbocycles. The largest absolute Gasteiger partial charge is 0.325 e. The summed E-state index contributed by atoms with van der Waals surface area (Å²) in [5.74, 6) is 0.581. The third-order valence-electron chi connectivity index (χ3n) is 3.85. The molecular formula is C16H25N3O. The summed E-state index contributed by atoms with van der Waals surface area (Å²) in [5, 5.41) is 6.31. The number of piperazine rings is 1. The standard InChI is InChI=1S/C16H25N3O/c1-12(2)14-4-6-15(7-5-14)18-16(20)11-19-9-8-17-10-13(19)3/h4-7,12-13,17H,8-11H2,1-3H3,(H,18,20)/t13-/m0/s1. The van der Waals surface area contributed by atoms with Gasteiger partial charge in [0.1, 0.15) is 0 Å². The maximum Gasteiger partial charge on any atom is 0.238 e. The van der Waals surface area contributed by atoms with E-state index in [-0.39, 0.29) is 5.91 Å². The van der Waals surface area contributed by atoms with Crippen LogP contribution in [-0.2, 0) is 4.79 Å². The van der Waals surface area contributed by atoms with E-state index in [1.807, 2.05) is 12.1 Å². The summed E-state index contributed by atoms with van der Waals surface area (Å²) in [6, 6.07) is 8.53. The lowest BCUT2D eigenvalue weighted by atomic mass is 10.0. The van der Waals surface area contributed by atoms with Crippen LogP contribution in [0.2, 0.25) is 0 Å². The number of carbonyl (C=O) groups excluding carboxylic acids is 1. The van der Waals surface area contributed by atoms with Crippen LogP contribution in [0.1, 0.15) is 32.3 Å². The molecule has 4 heteroatoms. The number of anilines is 1. The molecule has 1 aromatic rings. The number of rotatable bonds is 4. The van der Waals surface area contributed by atoms with E-state index in [1.165, 1.54) is 5.56 Å². The van der Waals surface area contributed by atoms with Gasteiger partial charge in [0.25, 0.3) is 0 Å². The van der Waals surface area contributed by atoms with Gasteiger partial charge in [-0.15, -0.1) is 0 Å². The van der Waals surface area contributed by atoms with Crippen molar-refractivity contribution < 1.29 is 4.79 Å². The first kappa shape index (κ1) is 15.0. The highest BCUT2D eigenvalue weighted by Crippen LogP contribution is 2.17. The zero-order valence-electron chi connectivity index (χ0n) is 12.6. The minimum Gasteiger partial charge on any atom is -0.325 e. The third kappa shape index (κ3) is 4.05. The Morgan fingerprint density at radius 3 is 2.70 bits per heavy atom. The maximum atomic E-state index is 12.1. The summed E-state index contributed by atoms with van der Waals surface area (Å²) in [4.78, 5) is 14.3. The summed E-state index contributed by atoms with van der Waals surface area (Å²) >= 11 is 0. The second kappa shape index (κ2) is 6.86. The van der Waals surface area contributed by atoms with Gasteiger partial charge in [0.2, 0.25) is 5.91 Å². The Morgan fingerprint density at radius 2 is 2.10 bits per heavy atom. The molecule has 1 aromatic carbocycles. The molecule has 2 rings (SSSR count). The predicted octanol–water partition coefficient (Wildman–Crippen LogP) is 2.04. The van der Waals surface area contributed by atoms with Crippen molar-refractivity contribution in [3.05, 3.63) is 29.8 Å². The van der Waals surface area contributed by atoms with Gasteiger partial charge in [-0.3, -0.25) is 9.69 Å². The van der Waals surface area contributed by atoms with Gasteiger partial charge < -0.3 is 10.6 Å². The Hall–Kier alpha value is -1.39. The smallest absolute Gasteiger partial charge is 0.238 e. The first-order valence-corrected chi connectivity index (χ1v) is 7.41. The Labute approximate surface area is 121 Å². The van der Waals surface area contributed by atoms with Gasteiger partial charge in [-0.25, -0.2) is 0 Å². The molecule has 4 nitrogen and oxygen atoms in total. The van der Waals surface area contributed by atoms with Crippen molar-refractivity contribution >= 4 is 11.6 Å². The number of benzene rings is 1. The summed E-state index contributed by atoms with van der Waals surface area (Å²) < 4.78 is 0. The Kier molecular flexibility index (Phi) is 5.15. The maximum absolute atomic E-state index is 12.1. The highest BCUT2D eigenvalue weighted by atomic mass is 16.2. The minimum atomic E-state index is 0.0658. The van der Waals surface area contributed by atoms with Crippen molar-refractivity contribution in [2.75, 3.05) is 31.5 Å². The van der Waals surface area contributed by atoms with Gasteiger partial charge >= 0.3 is 0 Å². The monoisotopic (exact) mass is 275 g/mol. The molecule has 1 fully saturated rings. The molecule has 1 aliphatic rings. The zero-order chi connectivity index (χ0) is 14.5. The molecule has 0 unspecified atom stereocenters. The first-order chi connectivity index (χ1) is 9.56. The quantitative estimate of drug-likeness (QED) is 0.884. The number of nitrogens with one attached hydrogen (secondary N) is 2. The number of hydrogen-bond donors (Lipinski definition) is 2. The predicted molar refractivity (Wildman–Crippen MR) is 83.1 cm³/mol. The van der Waals surface area contributed by atoms with Crippen LogP contribution in [0.3, 0.4) is 0 Å². The molecule has 1 saturated heterocycles. The molecule has 1 heterocycles. The summed E-state index contributed by atoms with van der Waals surface area (Å²) in [5.41, 5.74) is 2.17. The molecule has 0 spiro atoms. The number of carbonyl (C=O) groups is 1. The van der Waals surface area contributed by atoms with Crippen molar-refractivity contribution in [3.63, 3.8) is 0 Å². The van der Waals surface area contributed by atoms with Crippen LogP contribution in [0.5, 0.6) is 0 Å². The molecule has 20 heavy (non-hydrogen) atoms. The highest BCUT2D eigenvalue weighted by molar-refractivity contribution is 5.92. The fraction of sp³-hybridized carbons (Fsp3) is 0.562. The fourth-order valence-electron chi connectivity index (χ4n) is 2.45. The van der Waals surface area contributed by atoms with Crippen LogP contribution in [-0.4, -0.2) is 43.0 Å². The van der Waals surface area contributed by atoms with Crippen LogP contribution in [0.15, 0.2) is 24.3 Å². The van der Waals surface area contributed by atoms with Crippen molar-refractivity contribution in [1.82, 2.24) is 10.2 Å². The van der Waals surface area contributed by atoms with Crippen LogP contribution in [0.25, 0.3) is 0 Å². The molecule has 0 radical (unpaired) electrons. The van der Waals surface area contributed by atoms with Crippen LogP contribution in [0, 0.1) is 0 Å². The van der Waals surface area contributed by atoms with Gasteiger partial charge in [0.15, 0.2) is 0 Å². The average Bonchev–Trinajstić information content (AvgIpc) is 2.42. The topological polar surface area (TPSA) is 44.4 Å². The van der Waals surface area contributed by atoms with Gasteiger partial charge in [-0.05, 0) is 30.5 Å². The molecule has 0 bridgehead atoms. The molecule has 1 atom stereocenters. The van der Waals surface area contributed by atoms with Crippen LogP contribution in [0.4, 0.5) is 5.69 Å². The molecule has 1 amide bonds. The Bertz CT molecular complexity index is 442. The van der Waals surface area contributed by atoms with Crippen LogP contribution >= 0.6 is 0 Å². The van der Waals surface area contributed by atoms with Gasteiger partial charge in [0.05, 0.1) is 6.54 Å². The SMILES string of the molecule is CC(C)c1ccc(NC(=O)CN2CCNC[C@@H]2C)cc1. The Morgan fingerprint density at radius 1 is 1.40 bits per heavy atom. The van der Waals surface area contributed by atoms with Gasteiger partial charge in [-0.2, -0.15) is 0 Å². The zero-order valence-corrected chi connectivity index (χ0v) is 12.6. The lowest BCUT2D eigenvalue weighted by Crippen LogP contribution is -2.51. The molecule has 1 aliphatic heterocycles. The molecule has 0 aromatic heterocycles. The van der Waals surface area contributed by atoms with Crippen molar-refractivity contribution in [1.29, 1.82) is 0 Å². The van der Waals surface area contributed by atoms with E-state index in [2.05, 4.69) is 48.4 Å². The number of hydrogen-bond acceptors (Lipinski definition) is 3. The summed E-state index contributed by atoms with van der Waals surface area (Å²) in [7, 11) is 0. The molecule has 2 N–H and O–H groups in total. The van der Waals surface area contributed by atoms with Crippen molar-refractivity contribution in [2.24, 2.45) is 0 Å². The second-order valence-corrected chi connectivity index (χ2v) is 5.85. The fourth-order valence-corrected chi connectivity index (χ4v) is 2.45. The summed E-state index contributed by atoms with van der Waals surface area (Å²) in [6.45, 7) is 9.79. The van der Waals surface area contributed by atoms with E-state index in [4.69, 9.17) is 0 Å². The van der Waals surface area contributed by atoms with E-state index in [1.54, 1.807) is 0 Å². The van der Waals surface area contributed by atoms with Crippen molar-refractivity contribution in [2.45, 2.75) is 32.7 Å². The third-order valence-corrected chi connectivity index (χ3v) is 3.85. The van der Waals surface area contributed by atoms with E-state index in [0.717, 1.165) is 25.3 Å². The first-order valence-electron chi connectivity index (χ1n) is 7.41. The average molecular weight is 275 g/mol. The lowest BCUT2D eigenvalue weighted by molar-refractivity contribution is -0.118. The number of nitrogens with zero attached hydrogens (tertiary/aromatic N) is 1. The lowest BCUT2D eigenvalue weighted by Gasteiger charge is -2.33. The normalized spacial score (nSPS) is 20.1. The number of amides is 1. The minimum absolute atomic E-state index is 0.0658. The summed E-state index contributed by atoms with van der Waals surface area (Å²) in [6.07, 6.45) is 0. The van der Waals surface area contributed by atoms with Crippen molar-refractivity contribution in [3.8, 4) is 0 Å². The van der Waals surface area contributed by atoms with Gasteiger partial charge in [0, 0.05) is 31.4 Å². The van der Waals surface area contributed by atoms with Gasteiger partial charge in [-0.1, -0.05) is 26.0 Å². The van der Waals surface area contributed by atoms with E-state index in [0.29, 0.717) is 18.5 Å². The van der Waals surface area contributed by atoms with E-state index >= 15 is 0 Å². The second-order valence-electron chi connectivity index (χ2n) is 5.85. The van der Waals surface area contributed by atoms with Crippen LogP contribution < -0.4 is 10.6 Å². The molecule has 110 valence electrons. The highest BCUT2D eigenvalue weighted by Gasteiger charge is 2.20. The molecular weight excluding hydrogens is 250 g/mol.